The second-order valence-electron chi connectivity index (χ2n) is 4.90. The van der Waals surface area contributed by atoms with Crippen molar-refractivity contribution in [3.05, 3.63) is 35.1 Å². The van der Waals surface area contributed by atoms with Crippen LogP contribution in [0, 0.1) is 12.7 Å². The highest BCUT2D eigenvalue weighted by Crippen LogP contribution is 2.42. The van der Waals surface area contributed by atoms with Crippen LogP contribution in [0.4, 0.5) is 8.78 Å². The topological polar surface area (TPSA) is 38.4 Å². The molecule has 0 amide bonds. The highest BCUT2D eigenvalue weighted by Gasteiger charge is 2.35. The lowest BCUT2D eigenvalue weighted by Crippen LogP contribution is -2.34. The van der Waals surface area contributed by atoms with Crippen molar-refractivity contribution in [2.24, 2.45) is 10.7 Å². The van der Waals surface area contributed by atoms with Gasteiger partial charge in [-0.25, -0.2) is 8.78 Å². The molecule has 1 heterocycles. The average Bonchev–Trinajstić information content (AvgIpc) is 2.31. The summed E-state index contributed by atoms with van der Waals surface area (Å²) in [5, 5.41) is 0.326. The predicted octanol–water partition coefficient (Wildman–Crippen LogP) is 3.36. The van der Waals surface area contributed by atoms with Gasteiger partial charge in [0.25, 0.3) is 0 Å². The van der Waals surface area contributed by atoms with Gasteiger partial charge in [-0.15, -0.1) is 0 Å². The third kappa shape index (κ3) is 2.66. The number of rotatable bonds is 2. The molecule has 0 spiro atoms. The van der Waals surface area contributed by atoms with Gasteiger partial charge in [0.15, 0.2) is 5.17 Å². The van der Waals surface area contributed by atoms with Crippen LogP contribution in [0.1, 0.15) is 30.5 Å². The first-order valence-electron chi connectivity index (χ1n) is 5.78. The van der Waals surface area contributed by atoms with Crippen LogP contribution in [-0.2, 0) is 0 Å². The number of aryl methyl sites for hydroxylation is 1. The number of benzene rings is 1. The monoisotopic (exact) mass is 270 g/mol. The smallest absolute Gasteiger partial charge is 0.155 e. The Morgan fingerprint density at radius 3 is 2.94 bits per heavy atom. The van der Waals surface area contributed by atoms with Crippen LogP contribution in [0.3, 0.4) is 0 Å². The minimum atomic E-state index is -0.618. The van der Waals surface area contributed by atoms with Gasteiger partial charge in [-0.1, -0.05) is 29.5 Å². The standard InChI is InChI=1S/C13H16F2N2S/c1-8-3-4-10(15)9(5-8)11-6-13(2,7-14)18-12(16)17-11/h3-5,11H,6-7H2,1-2H3,(H2,16,17)/t11?,13-/m1/s1. The summed E-state index contributed by atoms with van der Waals surface area (Å²) in [4.78, 5) is 4.25. The highest BCUT2D eigenvalue weighted by molar-refractivity contribution is 8.15. The molecule has 1 aliphatic rings. The normalized spacial score (nSPS) is 28.0. The number of nitrogens with zero attached hydrogens (tertiary/aromatic N) is 1. The molecule has 0 fully saturated rings. The van der Waals surface area contributed by atoms with Crippen LogP contribution in [0.5, 0.6) is 0 Å². The number of halogens is 2. The lowest BCUT2D eigenvalue weighted by Gasteiger charge is -2.33. The zero-order valence-electron chi connectivity index (χ0n) is 10.4. The maximum absolute atomic E-state index is 13.8. The average molecular weight is 270 g/mol. The lowest BCUT2D eigenvalue weighted by molar-refractivity contribution is 0.374. The molecule has 2 rings (SSSR count). The van der Waals surface area contributed by atoms with Gasteiger partial charge >= 0.3 is 0 Å². The fourth-order valence-corrected chi connectivity index (χ4v) is 3.09. The Kier molecular flexibility index (Phi) is 3.61. The summed E-state index contributed by atoms with van der Waals surface area (Å²) in [5.41, 5.74) is 7.18. The quantitative estimate of drug-likeness (QED) is 0.895. The first-order chi connectivity index (χ1) is 8.43. The van der Waals surface area contributed by atoms with Crippen molar-refractivity contribution in [2.75, 3.05) is 6.67 Å². The summed E-state index contributed by atoms with van der Waals surface area (Å²) < 4.78 is 26.3. The van der Waals surface area contributed by atoms with E-state index in [2.05, 4.69) is 4.99 Å². The molecular weight excluding hydrogens is 254 g/mol. The number of nitrogens with two attached hydrogens (primary N) is 1. The first-order valence-corrected chi connectivity index (χ1v) is 6.59. The molecule has 0 saturated carbocycles. The van der Waals surface area contributed by atoms with Crippen LogP contribution in [0.25, 0.3) is 0 Å². The number of hydrogen-bond donors (Lipinski definition) is 1. The van der Waals surface area contributed by atoms with Crippen molar-refractivity contribution >= 4 is 16.9 Å². The summed E-state index contributed by atoms with van der Waals surface area (Å²) in [5.74, 6) is -0.310. The lowest BCUT2D eigenvalue weighted by atomic mass is 9.94. The molecule has 2 N–H and O–H groups in total. The van der Waals surface area contributed by atoms with Crippen LogP contribution in [0.2, 0.25) is 0 Å². The minimum absolute atomic E-state index is 0.310. The van der Waals surface area contributed by atoms with E-state index in [4.69, 9.17) is 5.73 Å². The van der Waals surface area contributed by atoms with Crippen molar-refractivity contribution < 1.29 is 8.78 Å². The maximum Gasteiger partial charge on any atom is 0.155 e. The first kappa shape index (κ1) is 13.3. The van der Waals surface area contributed by atoms with E-state index in [-0.39, 0.29) is 5.82 Å². The molecule has 0 radical (unpaired) electrons. The van der Waals surface area contributed by atoms with E-state index in [0.29, 0.717) is 17.2 Å². The van der Waals surface area contributed by atoms with Gasteiger partial charge in [0, 0.05) is 5.56 Å². The molecule has 5 heteroatoms. The molecule has 0 saturated heterocycles. The van der Waals surface area contributed by atoms with Gasteiger partial charge in [-0.2, -0.15) is 0 Å². The number of alkyl halides is 1. The molecule has 0 aromatic heterocycles. The predicted molar refractivity (Wildman–Crippen MR) is 72.1 cm³/mol. The molecule has 1 aromatic carbocycles. The summed E-state index contributed by atoms with van der Waals surface area (Å²) in [6.07, 6.45) is 0.454. The van der Waals surface area contributed by atoms with Gasteiger partial charge in [0.1, 0.15) is 12.5 Å². The second kappa shape index (κ2) is 4.88. The van der Waals surface area contributed by atoms with E-state index in [9.17, 15) is 8.78 Å². The second-order valence-corrected chi connectivity index (χ2v) is 6.51. The van der Waals surface area contributed by atoms with E-state index in [1.165, 1.54) is 17.8 Å². The van der Waals surface area contributed by atoms with Gasteiger partial charge < -0.3 is 5.73 Å². The molecule has 1 unspecified atom stereocenters. The molecule has 0 aliphatic carbocycles. The molecule has 98 valence electrons. The summed E-state index contributed by atoms with van der Waals surface area (Å²) in [6.45, 7) is 3.18. The largest absolute Gasteiger partial charge is 0.379 e. The van der Waals surface area contributed by atoms with E-state index in [0.717, 1.165) is 5.56 Å². The van der Waals surface area contributed by atoms with E-state index in [1.54, 1.807) is 19.1 Å². The van der Waals surface area contributed by atoms with Gasteiger partial charge in [-0.05, 0) is 26.3 Å². The third-order valence-corrected chi connectivity index (χ3v) is 4.14. The van der Waals surface area contributed by atoms with Crippen LogP contribution < -0.4 is 5.73 Å². The van der Waals surface area contributed by atoms with E-state index in [1.807, 2.05) is 6.92 Å². The van der Waals surface area contributed by atoms with Crippen molar-refractivity contribution in [2.45, 2.75) is 31.1 Å². The van der Waals surface area contributed by atoms with Gasteiger partial charge in [0.2, 0.25) is 0 Å². The Labute approximate surface area is 110 Å². The Balaban J connectivity index is 2.38. The van der Waals surface area contributed by atoms with E-state index >= 15 is 0 Å². The van der Waals surface area contributed by atoms with Crippen LogP contribution in [0.15, 0.2) is 23.2 Å². The van der Waals surface area contributed by atoms with Gasteiger partial charge in [-0.3, -0.25) is 4.99 Å². The van der Waals surface area contributed by atoms with E-state index < -0.39 is 17.5 Å². The number of thioether (sulfide) groups is 1. The Bertz CT molecular complexity index is 490. The Morgan fingerprint density at radius 1 is 1.56 bits per heavy atom. The van der Waals surface area contributed by atoms with Crippen LogP contribution >= 0.6 is 11.8 Å². The molecule has 1 aromatic rings. The molecular formula is C13H16F2N2S. The number of amidine groups is 1. The molecule has 2 nitrogen and oxygen atoms in total. The number of aliphatic imine (C=N–C) groups is 1. The highest BCUT2D eigenvalue weighted by atomic mass is 32.2. The summed E-state index contributed by atoms with van der Waals surface area (Å²) in [6, 6.07) is 4.49. The fraction of sp³-hybridized carbons (Fsp3) is 0.462. The van der Waals surface area contributed by atoms with Crippen molar-refractivity contribution in [1.82, 2.24) is 0 Å². The fourth-order valence-electron chi connectivity index (χ4n) is 2.11. The molecule has 1 aliphatic heterocycles. The van der Waals surface area contributed by atoms with Crippen molar-refractivity contribution in [1.29, 1.82) is 0 Å². The molecule has 0 bridgehead atoms. The van der Waals surface area contributed by atoms with Crippen LogP contribution in [-0.4, -0.2) is 16.6 Å². The Morgan fingerprint density at radius 2 is 2.28 bits per heavy atom. The SMILES string of the molecule is Cc1ccc(F)c(C2C[C@](C)(CF)SC(N)=N2)c1. The minimum Gasteiger partial charge on any atom is -0.379 e. The summed E-state index contributed by atoms with van der Waals surface area (Å²) in [7, 11) is 0. The van der Waals surface area contributed by atoms with Gasteiger partial charge in [0.05, 0.1) is 10.8 Å². The Hall–Kier alpha value is -1.10. The molecule has 18 heavy (non-hydrogen) atoms. The zero-order valence-corrected chi connectivity index (χ0v) is 11.2. The zero-order chi connectivity index (χ0) is 13.3. The number of hydrogen-bond acceptors (Lipinski definition) is 3. The third-order valence-electron chi connectivity index (χ3n) is 3.05. The van der Waals surface area contributed by atoms with Crippen molar-refractivity contribution in [3.8, 4) is 0 Å². The molecule has 2 atom stereocenters. The maximum atomic E-state index is 13.8. The van der Waals surface area contributed by atoms with Crippen molar-refractivity contribution in [3.63, 3.8) is 0 Å². The summed E-state index contributed by atoms with van der Waals surface area (Å²) >= 11 is 1.23.